The Labute approximate surface area is 164 Å². The van der Waals surface area contributed by atoms with E-state index in [0.717, 1.165) is 24.3 Å². The third kappa shape index (κ3) is 2.47. The molecule has 1 atom stereocenters. The fraction of sp³-hybridized carbons (Fsp3) is 0.200. The van der Waals surface area contributed by atoms with Crippen LogP contribution in [0.5, 0.6) is 0 Å². The summed E-state index contributed by atoms with van der Waals surface area (Å²) in [4.78, 5) is 7.52. The Morgan fingerprint density at radius 2 is 1.71 bits per heavy atom. The Morgan fingerprint density at radius 3 is 2.68 bits per heavy atom. The molecule has 2 aliphatic heterocycles. The summed E-state index contributed by atoms with van der Waals surface area (Å²) in [6.07, 6.45) is 5.10. The molecule has 0 amide bonds. The average molecular weight is 364 g/mol. The molecule has 28 heavy (non-hydrogen) atoms. The summed E-state index contributed by atoms with van der Waals surface area (Å²) in [6, 6.07) is 26.0. The van der Waals surface area contributed by atoms with Crippen molar-refractivity contribution in [3.63, 3.8) is 0 Å². The quantitative estimate of drug-likeness (QED) is 0.473. The monoisotopic (exact) mass is 364 g/mol. The Hall–Kier alpha value is -3.04. The molecule has 3 heteroatoms. The molecule has 1 unspecified atom stereocenters. The van der Waals surface area contributed by atoms with Crippen molar-refractivity contribution in [2.45, 2.75) is 25.6 Å². The summed E-state index contributed by atoms with van der Waals surface area (Å²) in [7, 11) is 0. The second kappa shape index (κ2) is 6.25. The lowest BCUT2D eigenvalue weighted by atomic mass is 10.0. The first-order valence-corrected chi connectivity index (χ1v) is 10.1. The molecule has 0 N–H and O–H groups in total. The Kier molecular flexibility index (Phi) is 3.56. The maximum absolute atomic E-state index is 4.93. The van der Waals surface area contributed by atoms with E-state index in [1.165, 1.54) is 40.4 Å². The van der Waals surface area contributed by atoms with Crippen molar-refractivity contribution in [3.05, 3.63) is 89.8 Å². The number of fused-ring (bicyclic) bond motifs is 6. The standard InChI is InChI=1S/C25H22N3/c1-3-9-23-18(6-1)11-13-21(26-23)17-27-15-5-8-20-16-22-14-12-19-7-2-4-10-24(19)28(22)25(20)27/h1-4,6-7,9-14,16,25H,5,8,15,17H2/q+1. The van der Waals surface area contributed by atoms with Crippen LogP contribution >= 0.6 is 0 Å². The van der Waals surface area contributed by atoms with E-state index >= 15 is 0 Å². The molecule has 0 bridgehead atoms. The molecule has 0 saturated carbocycles. The van der Waals surface area contributed by atoms with Gasteiger partial charge in [0.05, 0.1) is 11.2 Å². The van der Waals surface area contributed by atoms with Crippen LogP contribution in [0.1, 0.15) is 30.4 Å². The van der Waals surface area contributed by atoms with E-state index in [9.17, 15) is 0 Å². The highest BCUT2D eigenvalue weighted by Crippen LogP contribution is 2.35. The van der Waals surface area contributed by atoms with Crippen LogP contribution < -0.4 is 4.57 Å². The topological polar surface area (TPSA) is 20.0 Å². The van der Waals surface area contributed by atoms with Gasteiger partial charge in [-0.15, -0.1) is 0 Å². The lowest BCUT2D eigenvalue weighted by Crippen LogP contribution is -2.51. The van der Waals surface area contributed by atoms with Crippen LogP contribution in [-0.4, -0.2) is 16.4 Å². The number of pyridine rings is 2. The molecule has 6 rings (SSSR count). The van der Waals surface area contributed by atoms with Crippen LogP contribution in [0.25, 0.3) is 27.9 Å². The maximum Gasteiger partial charge on any atom is 0.238 e. The van der Waals surface area contributed by atoms with Gasteiger partial charge in [-0.2, -0.15) is 4.57 Å². The van der Waals surface area contributed by atoms with Gasteiger partial charge in [0.25, 0.3) is 0 Å². The summed E-state index contributed by atoms with van der Waals surface area (Å²) in [6.45, 7) is 1.98. The van der Waals surface area contributed by atoms with Gasteiger partial charge in [0.2, 0.25) is 17.4 Å². The van der Waals surface area contributed by atoms with Crippen molar-refractivity contribution >= 4 is 27.9 Å². The highest BCUT2D eigenvalue weighted by atomic mass is 15.3. The number of hydrogen-bond donors (Lipinski definition) is 0. The number of rotatable bonds is 2. The molecule has 0 aliphatic carbocycles. The average Bonchev–Trinajstić information content (AvgIpc) is 3.14. The summed E-state index contributed by atoms with van der Waals surface area (Å²) >= 11 is 0. The molecule has 4 aromatic rings. The van der Waals surface area contributed by atoms with Crippen molar-refractivity contribution in [1.29, 1.82) is 0 Å². The first-order valence-electron chi connectivity index (χ1n) is 10.1. The molecular formula is C25H22N3+. The minimum Gasteiger partial charge on any atom is -0.251 e. The molecule has 2 aromatic heterocycles. The fourth-order valence-electron chi connectivity index (χ4n) is 4.84. The molecular weight excluding hydrogens is 342 g/mol. The molecule has 3 nitrogen and oxygen atoms in total. The van der Waals surface area contributed by atoms with E-state index in [4.69, 9.17) is 4.98 Å². The van der Waals surface area contributed by atoms with E-state index in [1.54, 1.807) is 0 Å². The van der Waals surface area contributed by atoms with Gasteiger partial charge >= 0.3 is 0 Å². The predicted molar refractivity (Wildman–Crippen MR) is 113 cm³/mol. The van der Waals surface area contributed by atoms with Crippen LogP contribution in [0.15, 0.2) is 78.4 Å². The van der Waals surface area contributed by atoms with Crippen molar-refractivity contribution in [1.82, 2.24) is 9.88 Å². The predicted octanol–water partition coefficient (Wildman–Crippen LogP) is 4.87. The van der Waals surface area contributed by atoms with Gasteiger partial charge in [-0.1, -0.05) is 36.4 Å². The Morgan fingerprint density at radius 1 is 0.893 bits per heavy atom. The summed E-state index contributed by atoms with van der Waals surface area (Å²) in [5.41, 5.74) is 6.39. The first kappa shape index (κ1) is 16.0. The zero-order chi connectivity index (χ0) is 18.5. The summed E-state index contributed by atoms with van der Waals surface area (Å²) < 4.78 is 2.52. The zero-order valence-electron chi connectivity index (χ0n) is 15.8. The molecule has 136 valence electrons. The molecule has 2 aliphatic rings. The van der Waals surface area contributed by atoms with Gasteiger partial charge in [0.1, 0.15) is 0 Å². The number of aromatic nitrogens is 2. The van der Waals surface area contributed by atoms with Crippen molar-refractivity contribution in [2.24, 2.45) is 0 Å². The molecule has 4 heterocycles. The highest BCUT2D eigenvalue weighted by molar-refractivity contribution is 5.78. The van der Waals surface area contributed by atoms with E-state index in [1.807, 2.05) is 0 Å². The lowest BCUT2D eigenvalue weighted by molar-refractivity contribution is -0.709. The van der Waals surface area contributed by atoms with Crippen LogP contribution in [-0.2, 0) is 6.54 Å². The Bertz CT molecular complexity index is 1240. The van der Waals surface area contributed by atoms with Gasteiger partial charge in [-0.3, -0.25) is 4.98 Å². The van der Waals surface area contributed by atoms with E-state index < -0.39 is 0 Å². The number of hydrogen-bond acceptors (Lipinski definition) is 2. The largest absolute Gasteiger partial charge is 0.251 e. The van der Waals surface area contributed by atoms with E-state index in [-0.39, 0.29) is 0 Å². The van der Waals surface area contributed by atoms with Gasteiger partial charge < -0.3 is 0 Å². The summed E-state index contributed by atoms with van der Waals surface area (Å²) in [5, 5.41) is 2.51. The maximum atomic E-state index is 4.93. The lowest BCUT2D eigenvalue weighted by Gasteiger charge is -2.31. The van der Waals surface area contributed by atoms with E-state index in [0.29, 0.717) is 6.17 Å². The molecule has 2 aromatic carbocycles. The smallest absolute Gasteiger partial charge is 0.238 e. The number of likely N-dealkylation sites (tertiary alicyclic amines) is 1. The van der Waals surface area contributed by atoms with Crippen LogP contribution in [0.2, 0.25) is 0 Å². The number of benzene rings is 2. The van der Waals surface area contributed by atoms with Crippen molar-refractivity contribution < 1.29 is 4.57 Å². The van der Waals surface area contributed by atoms with E-state index in [2.05, 4.69) is 88.3 Å². The van der Waals surface area contributed by atoms with Gasteiger partial charge in [0.15, 0.2) is 0 Å². The second-order valence-electron chi connectivity index (χ2n) is 7.85. The fourth-order valence-corrected chi connectivity index (χ4v) is 4.84. The molecule has 0 spiro atoms. The number of piperidine rings is 1. The van der Waals surface area contributed by atoms with Crippen LogP contribution in [0.4, 0.5) is 0 Å². The SMILES string of the molecule is C1=C2CCCN(Cc3ccc4ccccc4n3)C2[n+]2c1ccc1ccccc12. The first-order chi connectivity index (χ1) is 13.9. The normalized spacial score (nSPS) is 18.9. The number of nitrogens with zero attached hydrogens (tertiary/aromatic N) is 3. The number of para-hydroxylation sites is 2. The van der Waals surface area contributed by atoms with Gasteiger partial charge in [-0.25, -0.2) is 4.90 Å². The van der Waals surface area contributed by atoms with Gasteiger partial charge in [-0.05, 0) is 37.1 Å². The third-order valence-electron chi connectivity index (χ3n) is 6.10. The van der Waals surface area contributed by atoms with Crippen LogP contribution in [0.3, 0.4) is 0 Å². The molecule has 1 saturated heterocycles. The van der Waals surface area contributed by atoms with Crippen molar-refractivity contribution in [3.8, 4) is 0 Å². The zero-order valence-corrected chi connectivity index (χ0v) is 15.8. The van der Waals surface area contributed by atoms with Crippen LogP contribution in [0, 0.1) is 0 Å². The summed E-state index contributed by atoms with van der Waals surface area (Å²) in [5.74, 6) is 0. The van der Waals surface area contributed by atoms with Gasteiger partial charge in [0, 0.05) is 47.6 Å². The third-order valence-corrected chi connectivity index (χ3v) is 6.10. The second-order valence-corrected chi connectivity index (χ2v) is 7.85. The molecule has 1 fully saturated rings. The molecule has 0 radical (unpaired) electrons. The minimum absolute atomic E-state index is 0.308. The highest BCUT2D eigenvalue weighted by Gasteiger charge is 2.41. The van der Waals surface area contributed by atoms with Crippen molar-refractivity contribution in [2.75, 3.05) is 6.54 Å². The Balaban J connectivity index is 1.42. The minimum atomic E-state index is 0.308.